The van der Waals surface area contributed by atoms with Crippen LogP contribution in [0.25, 0.3) is 0 Å². The first kappa shape index (κ1) is 14.3. The second-order valence-corrected chi connectivity index (χ2v) is 5.99. The Hall–Kier alpha value is -0.160. The average Bonchev–Trinajstić information content (AvgIpc) is 2.40. The number of rotatable bonds is 4. The molecule has 18 heavy (non-hydrogen) atoms. The van der Waals surface area contributed by atoms with E-state index >= 15 is 0 Å². The molecule has 2 fully saturated rings. The summed E-state index contributed by atoms with van der Waals surface area (Å²) in [4.78, 5) is 2.54. The van der Waals surface area contributed by atoms with Crippen molar-refractivity contribution in [2.75, 3.05) is 33.9 Å². The summed E-state index contributed by atoms with van der Waals surface area (Å²) in [6.45, 7) is 2.54. The number of likely N-dealkylation sites (N-methyl/N-ethyl adjacent to an activating group) is 1. The summed E-state index contributed by atoms with van der Waals surface area (Å²) in [6.07, 6.45) is 6.40. The highest BCUT2D eigenvalue weighted by Gasteiger charge is 2.35. The quantitative estimate of drug-likeness (QED) is 0.787. The van der Waals surface area contributed by atoms with Crippen LogP contribution in [0.5, 0.6) is 0 Å². The maximum absolute atomic E-state index is 10.4. The molecule has 0 atom stereocenters. The number of nitrogens with zero attached hydrogens (tertiary/aromatic N) is 1. The van der Waals surface area contributed by atoms with Crippen LogP contribution in [0, 0.1) is 0 Å². The summed E-state index contributed by atoms with van der Waals surface area (Å²) in [5, 5.41) is 13.5. The van der Waals surface area contributed by atoms with Gasteiger partial charge in [0, 0.05) is 31.8 Å². The van der Waals surface area contributed by atoms with E-state index in [1.54, 1.807) is 0 Å². The Labute approximate surface area is 111 Å². The molecule has 2 aliphatic rings. The van der Waals surface area contributed by atoms with Gasteiger partial charge in [0.2, 0.25) is 0 Å². The van der Waals surface area contributed by atoms with Crippen molar-refractivity contribution in [1.82, 2.24) is 10.2 Å². The van der Waals surface area contributed by atoms with Crippen LogP contribution in [0.15, 0.2) is 0 Å². The molecule has 106 valence electrons. The lowest BCUT2D eigenvalue weighted by molar-refractivity contribution is -0.0319. The Morgan fingerprint density at radius 1 is 1.17 bits per heavy atom. The Kier molecular flexibility index (Phi) is 5.01. The second-order valence-electron chi connectivity index (χ2n) is 5.99. The fourth-order valence-corrected chi connectivity index (χ4v) is 3.44. The predicted octanol–water partition coefficient (Wildman–Crippen LogP) is 0.990. The minimum atomic E-state index is -0.470. The third kappa shape index (κ3) is 3.44. The van der Waals surface area contributed by atoms with Crippen LogP contribution in [0.4, 0.5) is 0 Å². The molecule has 1 aliphatic carbocycles. The summed E-state index contributed by atoms with van der Waals surface area (Å²) < 4.78 is 5.43. The molecule has 0 aromatic heterocycles. The van der Waals surface area contributed by atoms with Crippen LogP contribution in [0.1, 0.15) is 38.5 Å². The zero-order valence-electron chi connectivity index (χ0n) is 11.8. The van der Waals surface area contributed by atoms with Gasteiger partial charge in [0.1, 0.15) is 0 Å². The van der Waals surface area contributed by atoms with Gasteiger partial charge < -0.3 is 20.1 Å². The highest BCUT2D eigenvalue weighted by molar-refractivity contribution is 4.91. The molecule has 0 aromatic rings. The molecule has 1 saturated carbocycles. The Bertz CT molecular complexity index is 246. The van der Waals surface area contributed by atoms with Crippen LogP contribution < -0.4 is 5.32 Å². The zero-order chi connectivity index (χ0) is 13.0. The minimum absolute atomic E-state index is 0.470. The van der Waals surface area contributed by atoms with Gasteiger partial charge in [0.15, 0.2) is 0 Å². The van der Waals surface area contributed by atoms with Crippen molar-refractivity contribution in [2.45, 2.75) is 56.2 Å². The zero-order valence-corrected chi connectivity index (χ0v) is 11.8. The molecule has 1 heterocycles. The van der Waals surface area contributed by atoms with E-state index in [4.69, 9.17) is 4.74 Å². The van der Waals surface area contributed by atoms with E-state index in [0.717, 1.165) is 58.3 Å². The fraction of sp³-hybridized carbons (Fsp3) is 1.00. The molecular weight excluding hydrogens is 228 g/mol. The summed E-state index contributed by atoms with van der Waals surface area (Å²) in [5.74, 6) is 0. The lowest BCUT2D eigenvalue weighted by Gasteiger charge is -2.43. The molecule has 0 aromatic carbocycles. The van der Waals surface area contributed by atoms with E-state index in [9.17, 15) is 5.11 Å². The molecule has 4 nitrogen and oxygen atoms in total. The van der Waals surface area contributed by atoms with Crippen molar-refractivity contribution in [1.29, 1.82) is 0 Å². The van der Waals surface area contributed by atoms with Crippen LogP contribution in [-0.4, -0.2) is 61.5 Å². The van der Waals surface area contributed by atoms with E-state index in [1.807, 2.05) is 7.05 Å². The highest BCUT2D eigenvalue weighted by atomic mass is 16.5. The van der Waals surface area contributed by atoms with E-state index in [2.05, 4.69) is 17.3 Å². The molecule has 4 heteroatoms. The van der Waals surface area contributed by atoms with Crippen LogP contribution in [0.2, 0.25) is 0 Å². The van der Waals surface area contributed by atoms with Gasteiger partial charge in [-0.2, -0.15) is 0 Å². The number of ether oxygens (including phenoxy) is 1. The smallest absolute Gasteiger partial charge is 0.0772 e. The van der Waals surface area contributed by atoms with Gasteiger partial charge in [0.05, 0.1) is 5.60 Å². The van der Waals surface area contributed by atoms with Gasteiger partial charge in [-0.3, -0.25) is 0 Å². The van der Waals surface area contributed by atoms with Crippen molar-refractivity contribution in [3.63, 3.8) is 0 Å². The van der Waals surface area contributed by atoms with E-state index in [1.165, 1.54) is 0 Å². The minimum Gasteiger partial charge on any atom is -0.389 e. The lowest BCUT2D eigenvalue weighted by Crippen LogP contribution is -2.50. The average molecular weight is 256 g/mol. The highest BCUT2D eigenvalue weighted by Crippen LogP contribution is 2.32. The molecule has 0 amide bonds. The number of aliphatic hydroxyl groups is 1. The first-order valence-corrected chi connectivity index (χ1v) is 7.31. The maximum Gasteiger partial charge on any atom is 0.0772 e. The third-order valence-electron chi connectivity index (χ3n) is 4.73. The van der Waals surface area contributed by atoms with Crippen LogP contribution in [0.3, 0.4) is 0 Å². The van der Waals surface area contributed by atoms with E-state index < -0.39 is 5.60 Å². The van der Waals surface area contributed by atoms with Gasteiger partial charge in [0.25, 0.3) is 0 Å². The Balaban J connectivity index is 1.81. The number of hydrogen-bond donors (Lipinski definition) is 2. The van der Waals surface area contributed by atoms with E-state index in [-0.39, 0.29) is 0 Å². The van der Waals surface area contributed by atoms with Crippen molar-refractivity contribution >= 4 is 0 Å². The summed E-state index contributed by atoms with van der Waals surface area (Å²) in [7, 11) is 4.17. The molecule has 1 saturated heterocycles. The molecule has 2 N–H and O–H groups in total. The van der Waals surface area contributed by atoms with Crippen molar-refractivity contribution in [3.8, 4) is 0 Å². The van der Waals surface area contributed by atoms with Crippen LogP contribution in [-0.2, 0) is 4.74 Å². The lowest BCUT2D eigenvalue weighted by atomic mass is 9.81. The first-order valence-electron chi connectivity index (χ1n) is 7.31. The van der Waals surface area contributed by atoms with E-state index in [0.29, 0.717) is 12.1 Å². The van der Waals surface area contributed by atoms with Crippen molar-refractivity contribution in [2.24, 2.45) is 0 Å². The van der Waals surface area contributed by atoms with Gasteiger partial charge in [-0.1, -0.05) is 0 Å². The molecule has 2 rings (SSSR count). The molecular formula is C14H28N2O2. The summed E-state index contributed by atoms with van der Waals surface area (Å²) in [6, 6.07) is 1.32. The number of nitrogens with one attached hydrogen (secondary N) is 1. The molecule has 0 radical (unpaired) electrons. The number of hydrogen-bond acceptors (Lipinski definition) is 4. The van der Waals surface area contributed by atoms with Gasteiger partial charge in [-0.05, 0) is 52.6 Å². The Morgan fingerprint density at radius 3 is 2.28 bits per heavy atom. The van der Waals surface area contributed by atoms with Crippen LogP contribution >= 0.6 is 0 Å². The summed E-state index contributed by atoms with van der Waals surface area (Å²) >= 11 is 0. The van der Waals surface area contributed by atoms with Gasteiger partial charge >= 0.3 is 0 Å². The van der Waals surface area contributed by atoms with Crippen molar-refractivity contribution < 1.29 is 9.84 Å². The predicted molar refractivity (Wildman–Crippen MR) is 72.7 cm³/mol. The third-order valence-corrected chi connectivity index (χ3v) is 4.73. The summed E-state index contributed by atoms with van der Waals surface area (Å²) in [5.41, 5.74) is -0.470. The largest absolute Gasteiger partial charge is 0.389 e. The Morgan fingerprint density at radius 2 is 1.72 bits per heavy atom. The molecule has 0 bridgehead atoms. The second kappa shape index (κ2) is 6.33. The monoisotopic (exact) mass is 256 g/mol. The first-order chi connectivity index (χ1) is 8.64. The standard InChI is InChI=1S/C14H28N2O2/c1-15-11-14(17)7-3-12(4-8-14)16(2)13-5-9-18-10-6-13/h12-13,15,17H,3-11H2,1-2H3. The van der Waals surface area contributed by atoms with Gasteiger partial charge in [-0.25, -0.2) is 0 Å². The topological polar surface area (TPSA) is 44.7 Å². The molecule has 1 aliphatic heterocycles. The molecule has 0 spiro atoms. The SMILES string of the molecule is CNCC1(O)CCC(N(C)C2CCOCC2)CC1. The van der Waals surface area contributed by atoms with Crippen molar-refractivity contribution in [3.05, 3.63) is 0 Å². The maximum atomic E-state index is 10.4. The molecule has 0 unspecified atom stereocenters. The van der Waals surface area contributed by atoms with Gasteiger partial charge in [-0.15, -0.1) is 0 Å². The normalized spacial score (nSPS) is 35.0. The fourth-order valence-electron chi connectivity index (χ4n) is 3.44.